The normalized spacial score (nSPS) is 22.2. The Morgan fingerprint density at radius 2 is 2.32 bits per heavy atom. The number of nitro groups is 1. The molecule has 0 spiro atoms. The summed E-state index contributed by atoms with van der Waals surface area (Å²) in [6.07, 6.45) is -0.153. The molecule has 19 heavy (non-hydrogen) atoms. The number of nitro benzene ring substituents is 1. The van der Waals surface area contributed by atoms with Crippen LogP contribution in [0.3, 0.4) is 0 Å². The highest BCUT2D eigenvalue weighted by Crippen LogP contribution is 2.27. The van der Waals surface area contributed by atoms with Gasteiger partial charge in [0, 0.05) is 18.3 Å². The number of aliphatic hydroxyl groups excluding tert-OH is 1. The molecule has 0 radical (unpaired) electrons. The molecule has 1 saturated heterocycles. The van der Waals surface area contributed by atoms with E-state index in [0.717, 1.165) is 0 Å². The Morgan fingerprint density at radius 3 is 2.84 bits per heavy atom. The number of halogens is 1. The van der Waals surface area contributed by atoms with E-state index in [9.17, 15) is 20.0 Å². The van der Waals surface area contributed by atoms with Gasteiger partial charge >= 0.3 is 0 Å². The first-order chi connectivity index (χ1) is 8.97. The predicted octanol–water partition coefficient (Wildman–Crippen LogP) is 1.02. The first kappa shape index (κ1) is 13.9. The van der Waals surface area contributed by atoms with E-state index in [-0.39, 0.29) is 11.6 Å². The van der Waals surface area contributed by atoms with Crippen LogP contribution in [-0.2, 0) is 4.79 Å². The van der Waals surface area contributed by atoms with E-state index in [1.807, 2.05) is 0 Å². The number of nitrogens with zero attached hydrogens (tertiary/aromatic N) is 1. The number of benzene rings is 1. The zero-order chi connectivity index (χ0) is 14.0. The van der Waals surface area contributed by atoms with Gasteiger partial charge in [0.05, 0.1) is 21.5 Å². The molecular weight excluding hydrogens is 318 g/mol. The van der Waals surface area contributed by atoms with Gasteiger partial charge in [0.2, 0.25) is 5.91 Å². The maximum Gasteiger partial charge on any atom is 0.283 e. The average molecular weight is 330 g/mol. The number of hydrogen-bond acceptors (Lipinski definition) is 5. The second kappa shape index (κ2) is 5.64. The fraction of sp³-hybridized carbons (Fsp3) is 0.364. The average Bonchev–Trinajstić information content (AvgIpc) is 2.75. The minimum Gasteiger partial charge on any atom is -0.392 e. The lowest BCUT2D eigenvalue weighted by Gasteiger charge is -2.11. The molecule has 1 aliphatic rings. The van der Waals surface area contributed by atoms with Crippen LogP contribution in [0.1, 0.15) is 6.42 Å². The third kappa shape index (κ3) is 3.28. The number of β-amino-alcohol motifs (C(OH)–C–C–N with tert-alkyl or cyclic N) is 1. The summed E-state index contributed by atoms with van der Waals surface area (Å²) in [6.45, 7) is 0.391. The monoisotopic (exact) mass is 329 g/mol. The molecule has 0 aliphatic carbocycles. The number of rotatable bonds is 3. The lowest BCUT2D eigenvalue weighted by atomic mass is 10.2. The molecule has 102 valence electrons. The predicted molar refractivity (Wildman–Crippen MR) is 71.8 cm³/mol. The Morgan fingerprint density at radius 1 is 1.58 bits per heavy atom. The number of anilines is 1. The quantitative estimate of drug-likeness (QED) is 0.567. The third-order valence-electron chi connectivity index (χ3n) is 2.84. The molecule has 7 nitrogen and oxygen atoms in total. The minimum atomic E-state index is -0.514. The Labute approximate surface area is 117 Å². The van der Waals surface area contributed by atoms with E-state index in [0.29, 0.717) is 23.1 Å². The van der Waals surface area contributed by atoms with Gasteiger partial charge < -0.3 is 15.7 Å². The maximum atomic E-state index is 11.9. The van der Waals surface area contributed by atoms with Crippen molar-refractivity contribution in [3.63, 3.8) is 0 Å². The SMILES string of the molecule is O=C(Nc1ccc([N+](=O)[O-])c(Br)c1)C1CC(O)CN1. The fourth-order valence-electron chi connectivity index (χ4n) is 1.88. The van der Waals surface area contributed by atoms with Crippen LogP contribution in [-0.4, -0.2) is 34.6 Å². The van der Waals surface area contributed by atoms with Gasteiger partial charge in [-0.15, -0.1) is 0 Å². The van der Waals surface area contributed by atoms with E-state index < -0.39 is 17.1 Å². The van der Waals surface area contributed by atoms with Gasteiger partial charge in [0.25, 0.3) is 5.69 Å². The molecular formula is C11H12BrN3O4. The van der Waals surface area contributed by atoms with Crippen molar-refractivity contribution < 1.29 is 14.8 Å². The van der Waals surface area contributed by atoms with Crippen LogP contribution < -0.4 is 10.6 Å². The number of aliphatic hydroxyl groups is 1. The van der Waals surface area contributed by atoms with Crippen molar-refractivity contribution in [1.82, 2.24) is 5.32 Å². The molecule has 0 bridgehead atoms. The largest absolute Gasteiger partial charge is 0.392 e. The van der Waals surface area contributed by atoms with Gasteiger partial charge in [-0.1, -0.05) is 0 Å². The topological polar surface area (TPSA) is 104 Å². The molecule has 0 saturated carbocycles. The summed E-state index contributed by atoms with van der Waals surface area (Å²) in [4.78, 5) is 22.0. The van der Waals surface area contributed by atoms with Crippen LogP contribution in [0.15, 0.2) is 22.7 Å². The fourth-order valence-corrected chi connectivity index (χ4v) is 2.40. The van der Waals surface area contributed by atoms with Crippen molar-refractivity contribution in [2.24, 2.45) is 0 Å². The molecule has 2 atom stereocenters. The van der Waals surface area contributed by atoms with Crippen LogP contribution >= 0.6 is 15.9 Å². The molecule has 1 fully saturated rings. The maximum absolute atomic E-state index is 11.9. The van der Waals surface area contributed by atoms with Crippen LogP contribution in [0.4, 0.5) is 11.4 Å². The van der Waals surface area contributed by atoms with Gasteiger partial charge in [0.15, 0.2) is 0 Å². The van der Waals surface area contributed by atoms with Crippen molar-refractivity contribution >= 4 is 33.2 Å². The summed E-state index contributed by atoms with van der Waals surface area (Å²) < 4.78 is 0.301. The molecule has 1 heterocycles. The van der Waals surface area contributed by atoms with E-state index in [2.05, 4.69) is 26.6 Å². The highest BCUT2D eigenvalue weighted by atomic mass is 79.9. The summed E-state index contributed by atoms with van der Waals surface area (Å²) in [6, 6.07) is 3.81. The van der Waals surface area contributed by atoms with E-state index in [1.54, 1.807) is 0 Å². The van der Waals surface area contributed by atoms with Gasteiger partial charge in [-0.05, 0) is 34.5 Å². The number of carbonyl (C=O) groups is 1. The molecule has 1 aliphatic heterocycles. The van der Waals surface area contributed by atoms with Crippen LogP contribution in [0, 0.1) is 10.1 Å². The molecule has 8 heteroatoms. The molecule has 1 aromatic rings. The molecule has 3 N–H and O–H groups in total. The van der Waals surface area contributed by atoms with Gasteiger partial charge in [-0.3, -0.25) is 14.9 Å². The smallest absolute Gasteiger partial charge is 0.283 e. The second-order valence-corrected chi connectivity index (χ2v) is 5.12. The summed E-state index contributed by atoms with van der Waals surface area (Å²) in [5, 5.41) is 25.5. The highest BCUT2D eigenvalue weighted by molar-refractivity contribution is 9.10. The van der Waals surface area contributed by atoms with Crippen molar-refractivity contribution in [3.8, 4) is 0 Å². The molecule has 0 aromatic heterocycles. The van der Waals surface area contributed by atoms with Crippen LogP contribution in [0.2, 0.25) is 0 Å². The second-order valence-electron chi connectivity index (χ2n) is 4.26. The summed E-state index contributed by atoms with van der Waals surface area (Å²) in [5.41, 5.74) is 0.401. The van der Waals surface area contributed by atoms with Gasteiger partial charge in [-0.2, -0.15) is 0 Å². The van der Waals surface area contributed by atoms with Gasteiger partial charge in [-0.25, -0.2) is 0 Å². The van der Waals surface area contributed by atoms with E-state index >= 15 is 0 Å². The Bertz CT molecular complexity index is 523. The summed E-state index contributed by atoms with van der Waals surface area (Å²) in [5.74, 6) is -0.266. The lowest BCUT2D eigenvalue weighted by Crippen LogP contribution is -2.35. The minimum absolute atomic E-state index is 0.0626. The summed E-state index contributed by atoms with van der Waals surface area (Å²) >= 11 is 3.08. The molecule has 2 rings (SSSR count). The van der Waals surface area contributed by atoms with E-state index in [4.69, 9.17) is 0 Å². The van der Waals surface area contributed by atoms with Crippen molar-refractivity contribution in [2.45, 2.75) is 18.6 Å². The van der Waals surface area contributed by atoms with Crippen molar-refractivity contribution in [1.29, 1.82) is 0 Å². The first-order valence-corrected chi connectivity index (χ1v) is 6.43. The highest BCUT2D eigenvalue weighted by Gasteiger charge is 2.28. The number of nitrogens with one attached hydrogen (secondary N) is 2. The Kier molecular flexibility index (Phi) is 4.13. The van der Waals surface area contributed by atoms with Crippen LogP contribution in [0.5, 0.6) is 0 Å². The van der Waals surface area contributed by atoms with E-state index in [1.165, 1.54) is 18.2 Å². The van der Waals surface area contributed by atoms with Crippen molar-refractivity contribution in [3.05, 3.63) is 32.8 Å². The number of carbonyl (C=O) groups excluding carboxylic acids is 1. The van der Waals surface area contributed by atoms with Gasteiger partial charge in [0.1, 0.15) is 0 Å². The standard InChI is InChI=1S/C11H12BrN3O4/c12-8-3-6(1-2-10(8)15(18)19)14-11(17)9-4-7(16)5-13-9/h1-3,7,9,13,16H,4-5H2,(H,14,17). The number of amides is 1. The zero-order valence-corrected chi connectivity index (χ0v) is 11.4. The Hall–Kier alpha value is -1.51. The van der Waals surface area contributed by atoms with Crippen LogP contribution in [0.25, 0.3) is 0 Å². The molecule has 2 unspecified atom stereocenters. The van der Waals surface area contributed by atoms with Crippen molar-refractivity contribution in [2.75, 3.05) is 11.9 Å². The Balaban J connectivity index is 2.05. The summed E-state index contributed by atoms with van der Waals surface area (Å²) in [7, 11) is 0. The zero-order valence-electron chi connectivity index (χ0n) is 9.80. The molecule has 1 aromatic carbocycles. The number of hydrogen-bond donors (Lipinski definition) is 3. The first-order valence-electron chi connectivity index (χ1n) is 5.63. The lowest BCUT2D eigenvalue weighted by molar-refractivity contribution is -0.385. The third-order valence-corrected chi connectivity index (χ3v) is 3.47. The molecule has 1 amide bonds.